The molecule has 0 saturated heterocycles. The summed E-state index contributed by atoms with van der Waals surface area (Å²) in [6.07, 6.45) is -0.809. The Kier molecular flexibility index (Phi) is 8.20. The summed E-state index contributed by atoms with van der Waals surface area (Å²) in [6, 6.07) is 18.3. The fourth-order valence-electron chi connectivity index (χ4n) is 4.01. The third-order valence-electron chi connectivity index (χ3n) is 6.10. The van der Waals surface area contributed by atoms with Crippen molar-refractivity contribution in [3.8, 4) is 5.88 Å². The molecule has 0 aliphatic rings. The number of aromatic amines is 1. The van der Waals surface area contributed by atoms with Gasteiger partial charge in [-0.25, -0.2) is 4.79 Å². The van der Waals surface area contributed by atoms with E-state index in [4.69, 9.17) is 9.84 Å². The van der Waals surface area contributed by atoms with E-state index in [1.165, 1.54) is 19.2 Å². The minimum atomic E-state index is -1.15. The van der Waals surface area contributed by atoms with Crippen LogP contribution in [0.4, 0.5) is 10.5 Å². The molecule has 0 radical (unpaired) electrons. The second-order valence-corrected chi connectivity index (χ2v) is 8.74. The molecule has 0 spiro atoms. The number of nitrogens with one attached hydrogen (secondary N) is 4. The first kappa shape index (κ1) is 26.9. The lowest BCUT2D eigenvalue weighted by molar-refractivity contribution is 0.0933. The van der Waals surface area contributed by atoms with Crippen LogP contribution in [0.15, 0.2) is 71.5 Å². The Morgan fingerprint density at radius 2 is 1.79 bits per heavy atom. The number of pyridine rings is 2. The summed E-state index contributed by atoms with van der Waals surface area (Å²) in [7, 11) is 1.46. The summed E-state index contributed by atoms with van der Waals surface area (Å²) in [5.41, 5.74) is 1.72. The molecule has 5 N–H and O–H groups in total. The number of rotatable bonds is 9. The number of hydrogen-bond donors (Lipinski definition) is 5. The highest BCUT2D eigenvalue weighted by molar-refractivity contribution is 6.06. The molecule has 39 heavy (non-hydrogen) atoms. The molecule has 1 unspecified atom stereocenters. The lowest BCUT2D eigenvalue weighted by Crippen LogP contribution is -2.32. The van der Waals surface area contributed by atoms with Gasteiger partial charge in [0.05, 0.1) is 13.2 Å². The number of carbonyl (C=O) groups excluding carboxylic acids is 2. The number of ether oxygens (including phenoxy) is 1. The lowest BCUT2D eigenvalue weighted by Gasteiger charge is -2.20. The van der Waals surface area contributed by atoms with Gasteiger partial charge in [0.1, 0.15) is 11.2 Å². The minimum absolute atomic E-state index is 0.112. The third-order valence-corrected chi connectivity index (χ3v) is 6.10. The number of carboxylic acid groups (broad SMARTS) is 1. The zero-order valence-corrected chi connectivity index (χ0v) is 21.3. The zero-order chi connectivity index (χ0) is 27.9. The number of carbonyl (C=O) groups is 3. The lowest BCUT2D eigenvalue weighted by atomic mass is 10.0. The van der Waals surface area contributed by atoms with Gasteiger partial charge < -0.3 is 30.8 Å². The standard InChI is InChI=1S/C28H27N5O6/c1-16-8-9-19(25(34)30-21(12-13-29-28(37)38)17-6-4-3-5-7-17)15-22(16)31-26(35)20-14-18-10-11-23(39-2)32-24(18)33-27(20)36/h3-11,14-15,21,29H,12-13H2,1-2H3,(H,30,34)(H,31,35)(H,37,38)(H,32,33,36). The van der Waals surface area contributed by atoms with E-state index >= 15 is 0 Å². The third kappa shape index (κ3) is 6.58. The van der Waals surface area contributed by atoms with E-state index < -0.39 is 29.5 Å². The van der Waals surface area contributed by atoms with Crippen molar-refractivity contribution >= 4 is 34.6 Å². The maximum Gasteiger partial charge on any atom is 0.404 e. The van der Waals surface area contributed by atoms with Gasteiger partial charge >= 0.3 is 6.09 Å². The van der Waals surface area contributed by atoms with Gasteiger partial charge in [0.2, 0.25) is 5.88 Å². The summed E-state index contributed by atoms with van der Waals surface area (Å²) in [4.78, 5) is 56.4. The molecular formula is C28H27N5O6. The normalized spacial score (nSPS) is 11.4. The average Bonchev–Trinajstić information content (AvgIpc) is 2.93. The predicted octanol–water partition coefficient (Wildman–Crippen LogP) is 3.62. The number of benzene rings is 2. The molecule has 0 aliphatic heterocycles. The van der Waals surface area contributed by atoms with Crippen LogP contribution in [0.2, 0.25) is 0 Å². The van der Waals surface area contributed by atoms with E-state index in [0.717, 1.165) is 5.56 Å². The van der Waals surface area contributed by atoms with Crippen molar-refractivity contribution in [3.63, 3.8) is 0 Å². The van der Waals surface area contributed by atoms with Gasteiger partial charge in [0.25, 0.3) is 17.4 Å². The molecule has 11 nitrogen and oxygen atoms in total. The first-order chi connectivity index (χ1) is 18.7. The van der Waals surface area contributed by atoms with Crippen LogP contribution in [0.3, 0.4) is 0 Å². The topological polar surface area (TPSA) is 163 Å². The second kappa shape index (κ2) is 11.9. The summed E-state index contributed by atoms with van der Waals surface area (Å²) < 4.78 is 5.07. The number of fused-ring (bicyclic) bond motifs is 1. The number of H-pyrrole nitrogens is 1. The fourth-order valence-corrected chi connectivity index (χ4v) is 4.01. The van der Waals surface area contributed by atoms with Crippen molar-refractivity contribution in [2.45, 2.75) is 19.4 Å². The quantitative estimate of drug-likeness (QED) is 0.221. The number of anilines is 1. The van der Waals surface area contributed by atoms with Crippen LogP contribution in [-0.2, 0) is 0 Å². The Hall–Kier alpha value is -5.19. The number of aryl methyl sites for hydroxylation is 1. The van der Waals surface area contributed by atoms with Crippen LogP contribution in [-0.4, -0.2) is 46.6 Å². The molecule has 11 heteroatoms. The van der Waals surface area contributed by atoms with Gasteiger partial charge in [-0.1, -0.05) is 36.4 Å². The summed E-state index contributed by atoms with van der Waals surface area (Å²) in [5.74, 6) is -0.719. The van der Waals surface area contributed by atoms with E-state index in [-0.39, 0.29) is 23.3 Å². The molecule has 0 fully saturated rings. The Morgan fingerprint density at radius 1 is 1.03 bits per heavy atom. The minimum Gasteiger partial charge on any atom is -0.481 e. The SMILES string of the molecule is COc1ccc2cc(C(=O)Nc3cc(C(=O)NC(CCNC(=O)O)c4ccccc4)ccc3C)c(=O)[nH]c2n1. The van der Waals surface area contributed by atoms with E-state index in [2.05, 4.69) is 25.9 Å². The average molecular weight is 530 g/mol. The molecule has 2 heterocycles. The highest BCUT2D eigenvalue weighted by atomic mass is 16.5. The predicted molar refractivity (Wildman–Crippen MR) is 145 cm³/mol. The molecule has 2 aromatic carbocycles. The van der Waals surface area contributed by atoms with Crippen molar-refractivity contribution in [3.05, 3.63) is 99.3 Å². The van der Waals surface area contributed by atoms with E-state index in [1.54, 1.807) is 31.2 Å². The van der Waals surface area contributed by atoms with Gasteiger partial charge in [-0.15, -0.1) is 0 Å². The van der Waals surface area contributed by atoms with Crippen LogP contribution in [0.5, 0.6) is 5.88 Å². The monoisotopic (exact) mass is 529 g/mol. The van der Waals surface area contributed by atoms with Gasteiger partial charge in [0, 0.05) is 29.2 Å². The molecule has 0 bridgehead atoms. The maximum atomic E-state index is 13.2. The molecule has 3 amide bonds. The van der Waals surface area contributed by atoms with E-state index in [1.807, 2.05) is 30.3 Å². The Balaban J connectivity index is 1.54. The molecule has 1 atom stereocenters. The van der Waals surface area contributed by atoms with Crippen molar-refractivity contribution in [2.24, 2.45) is 0 Å². The van der Waals surface area contributed by atoms with E-state index in [9.17, 15) is 19.2 Å². The van der Waals surface area contributed by atoms with Crippen LogP contribution < -0.4 is 26.2 Å². The van der Waals surface area contributed by atoms with Crippen LogP contribution >= 0.6 is 0 Å². The van der Waals surface area contributed by atoms with E-state index in [0.29, 0.717) is 28.9 Å². The molecule has 0 aliphatic carbocycles. The van der Waals surface area contributed by atoms with Crippen LogP contribution in [0.25, 0.3) is 11.0 Å². The molecular weight excluding hydrogens is 502 g/mol. The first-order valence-electron chi connectivity index (χ1n) is 12.1. The molecule has 4 rings (SSSR count). The Morgan fingerprint density at radius 3 is 2.51 bits per heavy atom. The summed E-state index contributed by atoms with van der Waals surface area (Å²) >= 11 is 0. The number of methoxy groups -OCH3 is 1. The van der Waals surface area contributed by atoms with Gasteiger partial charge in [-0.2, -0.15) is 4.98 Å². The number of hydrogen-bond acceptors (Lipinski definition) is 6. The first-order valence-corrected chi connectivity index (χ1v) is 12.1. The molecule has 200 valence electrons. The fraction of sp³-hybridized carbons (Fsp3) is 0.179. The van der Waals surface area contributed by atoms with Gasteiger partial charge in [-0.05, 0) is 48.7 Å². The largest absolute Gasteiger partial charge is 0.481 e. The number of aromatic nitrogens is 2. The van der Waals surface area contributed by atoms with Gasteiger partial charge in [-0.3, -0.25) is 14.4 Å². The second-order valence-electron chi connectivity index (χ2n) is 8.74. The molecule has 4 aromatic rings. The number of nitrogens with zero attached hydrogens (tertiary/aromatic N) is 1. The number of amides is 3. The van der Waals surface area contributed by atoms with Crippen LogP contribution in [0, 0.1) is 6.92 Å². The molecule has 2 aromatic heterocycles. The highest BCUT2D eigenvalue weighted by Gasteiger charge is 2.19. The zero-order valence-electron chi connectivity index (χ0n) is 21.3. The molecule has 0 saturated carbocycles. The van der Waals surface area contributed by atoms with Crippen molar-refractivity contribution in [1.29, 1.82) is 0 Å². The van der Waals surface area contributed by atoms with Crippen molar-refractivity contribution < 1.29 is 24.2 Å². The van der Waals surface area contributed by atoms with Crippen molar-refractivity contribution in [2.75, 3.05) is 19.0 Å². The van der Waals surface area contributed by atoms with Crippen LogP contribution in [0.1, 0.15) is 44.3 Å². The Bertz CT molecular complexity index is 1580. The Labute approximate surface area is 223 Å². The smallest absolute Gasteiger partial charge is 0.404 e. The van der Waals surface area contributed by atoms with Crippen molar-refractivity contribution in [1.82, 2.24) is 20.6 Å². The van der Waals surface area contributed by atoms with Gasteiger partial charge in [0.15, 0.2) is 0 Å². The maximum absolute atomic E-state index is 13.2. The highest BCUT2D eigenvalue weighted by Crippen LogP contribution is 2.21. The summed E-state index contributed by atoms with van der Waals surface area (Å²) in [6.45, 7) is 1.91. The summed E-state index contributed by atoms with van der Waals surface area (Å²) in [5, 5.41) is 17.4.